The van der Waals surface area contributed by atoms with E-state index < -0.39 is 6.10 Å². The van der Waals surface area contributed by atoms with E-state index in [1.165, 1.54) is 14.0 Å². The van der Waals surface area contributed by atoms with Crippen LogP contribution in [0.4, 0.5) is 11.4 Å². The summed E-state index contributed by atoms with van der Waals surface area (Å²) in [6.45, 7) is 3.03. The fourth-order valence-electron chi connectivity index (χ4n) is 2.16. The SMILES string of the molecule is COc1cc(C#N)ccc1O[C@H](C)C(=O)Nc1ccc(NC(C)=O)cc1. The summed E-state index contributed by atoms with van der Waals surface area (Å²) in [7, 11) is 1.46. The van der Waals surface area contributed by atoms with Crippen molar-refractivity contribution in [1.29, 1.82) is 5.26 Å². The molecule has 134 valence electrons. The van der Waals surface area contributed by atoms with Crippen LogP contribution in [0.25, 0.3) is 0 Å². The van der Waals surface area contributed by atoms with Crippen LogP contribution in [0.2, 0.25) is 0 Å². The zero-order valence-electron chi connectivity index (χ0n) is 14.7. The van der Waals surface area contributed by atoms with Crippen LogP contribution in [0.1, 0.15) is 19.4 Å². The number of nitrogens with zero attached hydrogens (tertiary/aromatic N) is 1. The van der Waals surface area contributed by atoms with E-state index in [0.717, 1.165) is 0 Å². The summed E-state index contributed by atoms with van der Waals surface area (Å²) in [5, 5.41) is 14.3. The third-order valence-corrected chi connectivity index (χ3v) is 3.44. The van der Waals surface area contributed by atoms with Gasteiger partial charge >= 0.3 is 0 Å². The summed E-state index contributed by atoms with van der Waals surface area (Å²) in [5.41, 5.74) is 1.65. The molecule has 0 aliphatic carbocycles. The number of carbonyl (C=O) groups is 2. The van der Waals surface area contributed by atoms with Gasteiger partial charge in [0.25, 0.3) is 5.91 Å². The molecule has 0 saturated heterocycles. The number of carbonyl (C=O) groups excluding carboxylic acids is 2. The summed E-state index contributed by atoms with van der Waals surface area (Å²) in [6.07, 6.45) is -0.785. The van der Waals surface area contributed by atoms with E-state index in [4.69, 9.17) is 14.7 Å². The second-order valence-corrected chi connectivity index (χ2v) is 5.49. The van der Waals surface area contributed by atoms with Crippen molar-refractivity contribution in [1.82, 2.24) is 0 Å². The Morgan fingerprint density at radius 3 is 2.19 bits per heavy atom. The predicted molar refractivity (Wildman–Crippen MR) is 97.2 cm³/mol. The second-order valence-electron chi connectivity index (χ2n) is 5.49. The number of ether oxygens (including phenoxy) is 2. The molecule has 0 heterocycles. The minimum atomic E-state index is -0.785. The van der Waals surface area contributed by atoms with Crippen LogP contribution in [-0.4, -0.2) is 25.0 Å². The quantitative estimate of drug-likeness (QED) is 0.831. The van der Waals surface area contributed by atoms with Crippen LogP contribution in [0.5, 0.6) is 11.5 Å². The van der Waals surface area contributed by atoms with Gasteiger partial charge in [0.15, 0.2) is 17.6 Å². The van der Waals surface area contributed by atoms with Crippen molar-refractivity contribution in [2.24, 2.45) is 0 Å². The molecule has 2 amide bonds. The van der Waals surface area contributed by atoms with Crippen LogP contribution in [0.3, 0.4) is 0 Å². The number of rotatable bonds is 6. The molecule has 7 heteroatoms. The topological polar surface area (TPSA) is 100 Å². The Kier molecular flexibility index (Phi) is 6.17. The molecule has 7 nitrogen and oxygen atoms in total. The van der Waals surface area contributed by atoms with E-state index in [1.807, 2.05) is 6.07 Å². The first kappa shape index (κ1) is 18.8. The monoisotopic (exact) mass is 353 g/mol. The van der Waals surface area contributed by atoms with Crippen LogP contribution < -0.4 is 20.1 Å². The molecule has 0 unspecified atom stereocenters. The van der Waals surface area contributed by atoms with Crippen LogP contribution in [0, 0.1) is 11.3 Å². The van der Waals surface area contributed by atoms with Crippen molar-refractivity contribution in [3.63, 3.8) is 0 Å². The molecule has 2 aromatic carbocycles. The summed E-state index contributed by atoms with van der Waals surface area (Å²) >= 11 is 0. The van der Waals surface area contributed by atoms with E-state index in [2.05, 4.69) is 10.6 Å². The van der Waals surface area contributed by atoms with E-state index in [1.54, 1.807) is 49.4 Å². The van der Waals surface area contributed by atoms with E-state index >= 15 is 0 Å². The first-order valence-electron chi connectivity index (χ1n) is 7.86. The smallest absolute Gasteiger partial charge is 0.265 e. The molecular formula is C19H19N3O4. The van der Waals surface area contributed by atoms with Crippen LogP contribution in [-0.2, 0) is 9.59 Å². The highest BCUT2D eigenvalue weighted by molar-refractivity contribution is 5.94. The zero-order valence-corrected chi connectivity index (χ0v) is 14.7. The van der Waals surface area contributed by atoms with Crippen molar-refractivity contribution in [3.05, 3.63) is 48.0 Å². The van der Waals surface area contributed by atoms with Crippen LogP contribution >= 0.6 is 0 Å². The standard InChI is InChI=1S/C19H19N3O4/c1-12(26-17-9-4-14(11-20)10-18(17)25-3)19(24)22-16-7-5-15(6-8-16)21-13(2)23/h4-10,12H,1-3H3,(H,21,23)(H,22,24)/t12-/m1/s1. The highest BCUT2D eigenvalue weighted by Crippen LogP contribution is 2.29. The van der Waals surface area contributed by atoms with Gasteiger partial charge in [-0.05, 0) is 43.3 Å². The molecule has 0 aromatic heterocycles. The Morgan fingerprint density at radius 2 is 1.65 bits per heavy atom. The van der Waals surface area contributed by atoms with Gasteiger partial charge in [0.2, 0.25) is 5.91 Å². The minimum absolute atomic E-state index is 0.167. The number of amides is 2. The lowest BCUT2D eigenvalue weighted by Crippen LogP contribution is -2.30. The van der Waals surface area contributed by atoms with Crippen molar-refractivity contribution in [2.45, 2.75) is 20.0 Å². The largest absolute Gasteiger partial charge is 0.493 e. The molecule has 2 aromatic rings. The molecule has 0 aliphatic heterocycles. The fraction of sp³-hybridized carbons (Fsp3) is 0.211. The van der Waals surface area contributed by atoms with Gasteiger partial charge in [-0.3, -0.25) is 9.59 Å². The average Bonchev–Trinajstić information content (AvgIpc) is 2.63. The third-order valence-electron chi connectivity index (χ3n) is 3.44. The number of methoxy groups -OCH3 is 1. The van der Waals surface area contributed by atoms with E-state index in [-0.39, 0.29) is 11.8 Å². The van der Waals surface area contributed by atoms with Gasteiger partial charge in [0.05, 0.1) is 18.7 Å². The number of hydrogen-bond acceptors (Lipinski definition) is 5. The third kappa shape index (κ3) is 4.98. The molecule has 0 radical (unpaired) electrons. The maximum Gasteiger partial charge on any atom is 0.265 e. The highest BCUT2D eigenvalue weighted by atomic mass is 16.5. The molecule has 0 aliphatic rings. The van der Waals surface area contributed by atoms with Gasteiger partial charge in [-0.2, -0.15) is 5.26 Å². The van der Waals surface area contributed by atoms with Gasteiger partial charge in [-0.25, -0.2) is 0 Å². The number of benzene rings is 2. The van der Waals surface area contributed by atoms with Gasteiger partial charge in [0.1, 0.15) is 0 Å². The van der Waals surface area contributed by atoms with Crippen molar-refractivity contribution < 1.29 is 19.1 Å². The molecule has 2 N–H and O–H groups in total. The second kappa shape index (κ2) is 8.53. The number of anilines is 2. The average molecular weight is 353 g/mol. The minimum Gasteiger partial charge on any atom is -0.493 e. The van der Waals surface area contributed by atoms with Gasteiger partial charge in [0, 0.05) is 24.4 Å². The zero-order chi connectivity index (χ0) is 19.1. The number of hydrogen-bond donors (Lipinski definition) is 2. The molecule has 0 fully saturated rings. The number of nitriles is 1. The molecule has 1 atom stereocenters. The lowest BCUT2D eigenvalue weighted by molar-refractivity contribution is -0.122. The van der Waals surface area contributed by atoms with E-state index in [9.17, 15) is 9.59 Å². The molecule has 0 saturated carbocycles. The van der Waals surface area contributed by atoms with Crippen molar-refractivity contribution >= 4 is 23.2 Å². The highest BCUT2D eigenvalue weighted by Gasteiger charge is 2.17. The van der Waals surface area contributed by atoms with E-state index in [0.29, 0.717) is 28.4 Å². The van der Waals surface area contributed by atoms with Gasteiger partial charge in [-0.1, -0.05) is 0 Å². The van der Waals surface area contributed by atoms with Crippen molar-refractivity contribution in [2.75, 3.05) is 17.7 Å². The summed E-state index contributed by atoms with van der Waals surface area (Å²) < 4.78 is 10.8. The summed E-state index contributed by atoms with van der Waals surface area (Å²) in [6, 6.07) is 13.5. The molecule has 26 heavy (non-hydrogen) atoms. The molecule has 2 rings (SSSR count). The first-order valence-corrected chi connectivity index (χ1v) is 7.86. The maximum atomic E-state index is 12.3. The molecule has 0 bridgehead atoms. The van der Waals surface area contributed by atoms with Crippen molar-refractivity contribution in [3.8, 4) is 17.6 Å². The van der Waals surface area contributed by atoms with Gasteiger partial charge < -0.3 is 20.1 Å². The Morgan fingerprint density at radius 1 is 1.04 bits per heavy atom. The number of nitrogens with one attached hydrogen (secondary N) is 2. The van der Waals surface area contributed by atoms with Gasteiger partial charge in [-0.15, -0.1) is 0 Å². The Balaban J connectivity index is 2.01. The molecule has 0 spiro atoms. The Hall–Kier alpha value is -3.53. The Bertz CT molecular complexity index is 841. The fourth-order valence-corrected chi connectivity index (χ4v) is 2.16. The maximum absolute atomic E-state index is 12.3. The van der Waals surface area contributed by atoms with Crippen LogP contribution in [0.15, 0.2) is 42.5 Å². The Labute approximate surface area is 151 Å². The lowest BCUT2D eigenvalue weighted by atomic mass is 10.2. The predicted octanol–water partition coefficient (Wildman–Crippen LogP) is 2.93. The summed E-state index contributed by atoms with van der Waals surface area (Å²) in [4.78, 5) is 23.3. The first-order chi connectivity index (χ1) is 12.4. The normalized spacial score (nSPS) is 11.0. The molecular weight excluding hydrogens is 334 g/mol. The summed E-state index contributed by atoms with van der Waals surface area (Å²) in [5.74, 6) is 0.238. The lowest BCUT2D eigenvalue weighted by Gasteiger charge is -2.17.